The van der Waals surface area contributed by atoms with Crippen molar-refractivity contribution >= 4 is 5.78 Å². The highest BCUT2D eigenvalue weighted by molar-refractivity contribution is 5.81. The molecule has 0 bridgehead atoms. The van der Waals surface area contributed by atoms with Crippen molar-refractivity contribution in [3.8, 4) is 0 Å². The minimum Gasteiger partial charge on any atom is -0.378 e. The van der Waals surface area contributed by atoms with Crippen molar-refractivity contribution in [2.24, 2.45) is 5.92 Å². The lowest BCUT2D eigenvalue weighted by Crippen LogP contribution is -2.21. The molecular formula is C15H20O2. The third kappa shape index (κ3) is 3.40. The number of hydrogen-bond acceptors (Lipinski definition) is 2. The summed E-state index contributed by atoms with van der Waals surface area (Å²) in [4.78, 5) is 12.0. The second kappa shape index (κ2) is 5.97. The first-order chi connectivity index (χ1) is 8.27. The minimum atomic E-state index is 0.124. The molecule has 1 aliphatic heterocycles. The van der Waals surface area contributed by atoms with Crippen molar-refractivity contribution in [2.75, 3.05) is 6.61 Å². The van der Waals surface area contributed by atoms with Crippen LogP contribution >= 0.6 is 0 Å². The predicted molar refractivity (Wildman–Crippen MR) is 67.9 cm³/mol. The van der Waals surface area contributed by atoms with Crippen LogP contribution in [0.4, 0.5) is 0 Å². The summed E-state index contributed by atoms with van der Waals surface area (Å²) in [6.07, 6.45) is 3.67. The van der Waals surface area contributed by atoms with E-state index < -0.39 is 0 Å². The Morgan fingerprint density at radius 2 is 2.12 bits per heavy atom. The Bertz CT molecular complexity index is 358. The van der Waals surface area contributed by atoms with E-state index in [-0.39, 0.29) is 12.0 Å². The van der Waals surface area contributed by atoms with Crippen LogP contribution in [-0.4, -0.2) is 18.5 Å². The molecule has 1 aromatic carbocycles. The number of ether oxygens (including phenoxy) is 1. The van der Waals surface area contributed by atoms with Crippen LogP contribution < -0.4 is 0 Å². The van der Waals surface area contributed by atoms with Crippen molar-refractivity contribution in [3.05, 3.63) is 35.9 Å². The fourth-order valence-corrected chi connectivity index (χ4v) is 2.45. The predicted octanol–water partition coefficient (Wildman–Crippen LogP) is 3.00. The first-order valence-corrected chi connectivity index (χ1v) is 6.45. The van der Waals surface area contributed by atoms with Gasteiger partial charge in [0.2, 0.25) is 0 Å². The largest absolute Gasteiger partial charge is 0.378 e. The number of carbonyl (C=O) groups is 1. The number of ketones is 1. The molecule has 1 aromatic rings. The van der Waals surface area contributed by atoms with Crippen LogP contribution in [0.5, 0.6) is 0 Å². The Morgan fingerprint density at radius 3 is 2.76 bits per heavy atom. The van der Waals surface area contributed by atoms with Crippen LogP contribution in [0, 0.1) is 5.92 Å². The maximum absolute atomic E-state index is 12.0. The van der Waals surface area contributed by atoms with E-state index in [1.165, 1.54) is 5.56 Å². The smallest absolute Gasteiger partial charge is 0.138 e. The van der Waals surface area contributed by atoms with Gasteiger partial charge >= 0.3 is 0 Å². The lowest BCUT2D eigenvalue weighted by atomic mass is 9.93. The summed E-state index contributed by atoms with van der Waals surface area (Å²) in [7, 11) is 0. The van der Waals surface area contributed by atoms with Gasteiger partial charge < -0.3 is 4.74 Å². The summed E-state index contributed by atoms with van der Waals surface area (Å²) in [5.74, 6) is 0.525. The van der Waals surface area contributed by atoms with Crippen LogP contribution in [0.1, 0.15) is 31.7 Å². The first-order valence-electron chi connectivity index (χ1n) is 6.45. The molecule has 1 heterocycles. The molecule has 1 aliphatic rings. The summed E-state index contributed by atoms with van der Waals surface area (Å²) in [6, 6.07) is 10.3. The summed E-state index contributed by atoms with van der Waals surface area (Å²) >= 11 is 0. The van der Waals surface area contributed by atoms with Crippen LogP contribution in [-0.2, 0) is 16.0 Å². The SMILES string of the molecule is C[C@@H]1OCC[C@@H]1C(=O)CCCc1ccccc1. The molecule has 0 N–H and O–H groups in total. The highest BCUT2D eigenvalue weighted by Crippen LogP contribution is 2.23. The van der Waals surface area contributed by atoms with Gasteiger partial charge in [0.15, 0.2) is 0 Å². The Labute approximate surface area is 103 Å². The summed E-state index contributed by atoms with van der Waals surface area (Å²) < 4.78 is 5.43. The molecule has 1 fully saturated rings. The molecule has 17 heavy (non-hydrogen) atoms. The van der Waals surface area contributed by atoms with Gasteiger partial charge in [-0.25, -0.2) is 0 Å². The highest BCUT2D eigenvalue weighted by Gasteiger charge is 2.29. The van der Waals surface area contributed by atoms with Gasteiger partial charge in [0.25, 0.3) is 0 Å². The molecule has 0 spiro atoms. The van der Waals surface area contributed by atoms with E-state index in [2.05, 4.69) is 12.1 Å². The van der Waals surface area contributed by atoms with E-state index in [9.17, 15) is 4.79 Å². The maximum Gasteiger partial charge on any atom is 0.138 e. The molecular weight excluding hydrogens is 212 g/mol. The fraction of sp³-hybridized carbons (Fsp3) is 0.533. The Morgan fingerprint density at radius 1 is 1.35 bits per heavy atom. The molecule has 0 unspecified atom stereocenters. The zero-order chi connectivity index (χ0) is 12.1. The molecule has 2 heteroatoms. The number of carbonyl (C=O) groups excluding carboxylic acids is 1. The summed E-state index contributed by atoms with van der Waals surface area (Å²) in [5.41, 5.74) is 1.32. The minimum absolute atomic E-state index is 0.124. The average Bonchev–Trinajstić information content (AvgIpc) is 2.77. The molecule has 2 atom stereocenters. The standard InChI is InChI=1S/C15H20O2/c1-12-14(10-11-17-12)15(16)9-5-8-13-6-3-2-4-7-13/h2-4,6-7,12,14H,5,8-11H2,1H3/t12-,14-/m0/s1. The number of hydrogen-bond donors (Lipinski definition) is 0. The number of rotatable bonds is 5. The Kier molecular flexibility index (Phi) is 4.32. The summed E-state index contributed by atoms with van der Waals surface area (Å²) in [6.45, 7) is 2.75. The van der Waals surface area contributed by atoms with Crippen LogP contribution in [0.2, 0.25) is 0 Å². The fourth-order valence-electron chi connectivity index (χ4n) is 2.45. The van der Waals surface area contributed by atoms with Crippen molar-refractivity contribution in [1.29, 1.82) is 0 Å². The van der Waals surface area contributed by atoms with Gasteiger partial charge in [-0.2, -0.15) is 0 Å². The first kappa shape index (κ1) is 12.3. The molecule has 2 rings (SSSR count). The molecule has 0 radical (unpaired) electrons. The number of Topliss-reactive ketones (excluding diaryl/α,β-unsaturated/α-hetero) is 1. The van der Waals surface area contributed by atoms with Gasteiger partial charge in [-0.15, -0.1) is 0 Å². The van der Waals surface area contributed by atoms with Gasteiger partial charge in [-0.05, 0) is 31.7 Å². The lowest BCUT2D eigenvalue weighted by Gasteiger charge is -2.12. The molecule has 0 aromatic heterocycles. The summed E-state index contributed by atoms with van der Waals surface area (Å²) in [5, 5.41) is 0. The monoisotopic (exact) mass is 232 g/mol. The van der Waals surface area contributed by atoms with Gasteiger partial charge in [0.1, 0.15) is 5.78 Å². The third-order valence-corrected chi connectivity index (χ3v) is 3.52. The van der Waals surface area contributed by atoms with Gasteiger partial charge in [0, 0.05) is 18.9 Å². The van der Waals surface area contributed by atoms with Crippen molar-refractivity contribution in [1.82, 2.24) is 0 Å². The van der Waals surface area contributed by atoms with E-state index in [1.807, 2.05) is 25.1 Å². The van der Waals surface area contributed by atoms with Gasteiger partial charge in [0.05, 0.1) is 6.10 Å². The Balaban J connectivity index is 1.73. The molecule has 92 valence electrons. The van der Waals surface area contributed by atoms with E-state index in [1.54, 1.807) is 0 Å². The van der Waals surface area contributed by atoms with Crippen molar-refractivity contribution in [2.45, 2.75) is 38.7 Å². The van der Waals surface area contributed by atoms with Crippen LogP contribution in [0.15, 0.2) is 30.3 Å². The average molecular weight is 232 g/mol. The normalized spacial score (nSPS) is 23.8. The highest BCUT2D eigenvalue weighted by atomic mass is 16.5. The quantitative estimate of drug-likeness (QED) is 0.780. The van der Waals surface area contributed by atoms with Crippen LogP contribution in [0.3, 0.4) is 0 Å². The molecule has 0 saturated carbocycles. The van der Waals surface area contributed by atoms with Gasteiger partial charge in [-0.3, -0.25) is 4.79 Å². The zero-order valence-corrected chi connectivity index (χ0v) is 10.4. The van der Waals surface area contributed by atoms with E-state index in [0.717, 1.165) is 25.9 Å². The van der Waals surface area contributed by atoms with E-state index in [0.29, 0.717) is 12.2 Å². The van der Waals surface area contributed by atoms with E-state index >= 15 is 0 Å². The third-order valence-electron chi connectivity index (χ3n) is 3.52. The second-order valence-corrected chi connectivity index (χ2v) is 4.78. The number of aryl methyl sites for hydroxylation is 1. The molecule has 1 saturated heterocycles. The lowest BCUT2D eigenvalue weighted by molar-refractivity contribution is -0.124. The van der Waals surface area contributed by atoms with Crippen molar-refractivity contribution in [3.63, 3.8) is 0 Å². The molecule has 0 aliphatic carbocycles. The van der Waals surface area contributed by atoms with Crippen LogP contribution in [0.25, 0.3) is 0 Å². The topological polar surface area (TPSA) is 26.3 Å². The number of benzene rings is 1. The Hall–Kier alpha value is -1.15. The molecule has 2 nitrogen and oxygen atoms in total. The van der Waals surface area contributed by atoms with E-state index in [4.69, 9.17) is 4.74 Å². The zero-order valence-electron chi connectivity index (χ0n) is 10.4. The second-order valence-electron chi connectivity index (χ2n) is 4.78. The molecule has 0 amide bonds. The van der Waals surface area contributed by atoms with Gasteiger partial charge in [-0.1, -0.05) is 30.3 Å². The maximum atomic E-state index is 12.0. The van der Waals surface area contributed by atoms with Crippen molar-refractivity contribution < 1.29 is 9.53 Å².